The molecule has 0 aliphatic carbocycles. The fraction of sp³-hybridized carbons (Fsp3) is 0.222. The third-order valence-corrected chi connectivity index (χ3v) is 6.12. The molecule has 4 heterocycles. The van der Waals surface area contributed by atoms with Crippen LogP contribution in [0.2, 0.25) is 5.02 Å². The number of aromatic nitrogens is 1. The van der Waals surface area contributed by atoms with E-state index in [9.17, 15) is 4.79 Å². The third kappa shape index (κ3) is 2.32. The Kier molecular flexibility index (Phi) is 3.82. The molecule has 2 N–H and O–H groups in total. The molecule has 8 heteroatoms. The van der Waals surface area contributed by atoms with Crippen molar-refractivity contribution in [2.24, 2.45) is 5.92 Å². The van der Waals surface area contributed by atoms with Crippen LogP contribution in [0.25, 0.3) is 0 Å². The van der Waals surface area contributed by atoms with Crippen molar-refractivity contribution in [2.75, 3.05) is 4.90 Å². The van der Waals surface area contributed by atoms with Crippen LogP contribution >= 0.6 is 22.9 Å². The molecule has 1 amide bonds. The van der Waals surface area contributed by atoms with Crippen LogP contribution in [0.3, 0.4) is 0 Å². The van der Waals surface area contributed by atoms with Gasteiger partial charge in [0.2, 0.25) is 5.91 Å². The second-order valence-electron chi connectivity index (χ2n) is 6.33. The lowest BCUT2D eigenvalue weighted by atomic mass is 9.85. The zero-order chi connectivity index (χ0) is 17.7. The number of hydrazine groups is 1. The Balaban J connectivity index is 1.66. The first-order chi connectivity index (χ1) is 12.8. The Bertz CT molecular complexity index is 931. The molecule has 2 saturated heterocycles. The summed E-state index contributed by atoms with van der Waals surface area (Å²) >= 11 is 7.97. The molecule has 6 nitrogen and oxygen atoms in total. The van der Waals surface area contributed by atoms with Crippen LogP contribution in [0.4, 0.5) is 5.13 Å². The SMILES string of the molecule is O=C1C2NNC(c3ccco3)C2C(c2ccccc2Cl)N1c1nccs1. The molecule has 132 valence electrons. The Morgan fingerprint density at radius 1 is 1.15 bits per heavy atom. The third-order valence-electron chi connectivity index (χ3n) is 5.01. The van der Waals surface area contributed by atoms with Gasteiger partial charge in [0.25, 0.3) is 0 Å². The summed E-state index contributed by atoms with van der Waals surface area (Å²) in [6, 6.07) is 10.7. The van der Waals surface area contributed by atoms with Gasteiger partial charge in [0.15, 0.2) is 5.13 Å². The van der Waals surface area contributed by atoms with Gasteiger partial charge in [-0.2, -0.15) is 0 Å². The maximum atomic E-state index is 13.2. The summed E-state index contributed by atoms with van der Waals surface area (Å²) in [6.45, 7) is 0. The molecule has 2 aliphatic heterocycles. The van der Waals surface area contributed by atoms with E-state index in [1.807, 2.05) is 41.8 Å². The highest BCUT2D eigenvalue weighted by Crippen LogP contribution is 2.50. The number of nitrogens with one attached hydrogen (secondary N) is 2. The minimum atomic E-state index is -0.379. The number of fused-ring (bicyclic) bond motifs is 1. The standard InChI is InChI=1S/C18H15ClN4O2S/c19-11-5-2-1-4-10(11)16-13-14(12-6-3-8-25-12)21-22-15(13)17(24)23(16)18-20-7-9-26-18/h1-9,13-16,21-22H. The maximum Gasteiger partial charge on any atom is 0.248 e. The van der Waals surface area contributed by atoms with Crippen molar-refractivity contribution in [1.29, 1.82) is 0 Å². The second kappa shape index (κ2) is 6.21. The summed E-state index contributed by atoms with van der Waals surface area (Å²) in [5.74, 6) is 0.685. The van der Waals surface area contributed by atoms with Crippen molar-refractivity contribution in [3.05, 3.63) is 70.6 Å². The summed E-state index contributed by atoms with van der Waals surface area (Å²) in [7, 11) is 0. The number of carbonyl (C=O) groups is 1. The van der Waals surface area contributed by atoms with Crippen molar-refractivity contribution in [2.45, 2.75) is 18.1 Å². The van der Waals surface area contributed by atoms with Gasteiger partial charge >= 0.3 is 0 Å². The smallest absolute Gasteiger partial charge is 0.248 e. The first-order valence-corrected chi connectivity index (χ1v) is 9.53. The monoisotopic (exact) mass is 386 g/mol. The summed E-state index contributed by atoms with van der Waals surface area (Å²) < 4.78 is 5.62. The molecule has 2 aromatic heterocycles. The number of nitrogens with zero attached hydrogens (tertiary/aromatic N) is 2. The van der Waals surface area contributed by atoms with Crippen molar-refractivity contribution < 1.29 is 9.21 Å². The van der Waals surface area contributed by atoms with Crippen molar-refractivity contribution in [3.8, 4) is 0 Å². The normalized spacial score (nSPS) is 27.9. The molecule has 0 radical (unpaired) electrons. The molecule has 26 heavy (non-hydrogen) atoms. The average Bonchev–Trinajstić information content (AvgIpc) is 3.42. The number of benzene rings is 1. The van der Waals surface area contributed by atoms with Crippen molar-refractivity contribution >= 4 is 34.0 Å². The molecular formula is C18H15ClN4O2S. The Morgan fingerprint density at radius 3 is 2.73 bits per heavy atom. The molecule has 0 spiro atoms. The number of hydrogen-bond donors (Lipinski definition) is 2. The lowest BCUT2D eigenvalue weighted by Gasteiger charge is -2.29. The lowest BCUT2D eigenvalue weighted by molar-refractivity contribution is -0.119. The second-order valence-corrected chi connectivity index (χ2v) is 7.61. The molecule has 2 fully saturated rings. The number of furan rings is 1. The van der Waals surface area contributed by atoms with Crippen LogP contribution in [0, 0.1) is 5.92 Å². The van der Waals surface area contributed by atoms with E-state index < -0.39 is 0 Å². The number of amides is 1. The predicted octanol–water partition coefficient (Wildman–Crippen LogP) is 3.31. The van der Waals surface area contributed by atoms with Gasteiger partial charge in [0.1, 0.15) is 11.8 Å². The molecule has 5 rings (SSSR count). The van der Waals surface area contributed by atoms with Crippen LogP contribution in [0.1, 0.15) is 23.4 Å². The summed E-state index contributed by atoms with van der Waals surface area (Å²) in [6.07, 6.45) is 3.35. The zero-order valence-corrected chi connectivity index (χ0v) is 15.1. The molecule has 0 bridgehead atoms. The van der Waals surface area contributed by atoms with Gasteiger partial charge in [-0.3, -0.25) is 9.69 Å². The molecule has 0 saturated carbocycles. The van der Waals surface area contributed by atoms with Gasteiger partial charge in [-0.25, -0.2) is 15.8 Å². The Labute approximate surface area is 158 Å². The number of anilines is 1. The average molecular weight is 387 g/mol. The fourth-order valence-electron chi connectivity index (χ4n) is 3.95. The van der Waals surface area contributed by atoms with Gasteiger partial charge in [-0.1, -0.05) is 29.8 Å². The molecule has 3 aromatic rings. The molecular weight excluding hydrogens is 372 g/mol. The summed E-state index contributed by atoms with van der Waals surface area (Å²) in [5, 5.41) is 3.18. The topological polar surface area (TPSA) is 70.4 Å². The number of carbonyl (C=O) groups excluding carboxylic acids is 1. The van der Waals surface area contributed by atoms with Gasteiger partial charge in [0, 0.05) is 22.5 Å². The van der Waals surface area contributed by atoms with E-state index in [1.165, 1.54) is 11.3 Å². The van der Waals surface area contributed by atoms with E-state index in [0.29, 0.717) is 10.2 Å². The first-order valence-electron chi connectivity index (χ1n) is 8.27. The van der Waals surface area contributed by atoms with Crippen LogP contribution in [-0.4, -0.2) is 16.9 Å². The van der Waals surface area contributed by atoms with Gasteiger partial charge < -0.3 is 4.42 Å². The molecule has 4 atom stereocenters. The zero-order valence-electron chi connectivity index (χ0n) is 13.5. The van der Waals surface area contributed by atoms with Crippen LogP contribution < -0.4 is 15.8 Å². The number of hydrogen-bond acceptors (Lipinski definition) is 6. The van der Waals surface area contributed by atoms with Gasteiger partial charge in [-0.05, 0) is 23.8 Å². The summed E-state index contributed by atoms with van der Waals surface area (Å²) in [5.41, 5.74) is 7.29. The van der Waals surface area contributed by atoms with Crippen molar-refractivity contribution in [3.63, 3.8) is 0 Å². The van der Waals surface area contributed by atoms with Crippen LogP contribution in [0.15, 0.2) is 58.7 Å². The van der Waals surface area contributed by atoms with E-state index in [0.717, 1.165) is 11.3 Å². The van der Waals surface area contributed by atoms with Crippen molar-refractivity contribution in [1.82, 2.24) is 15.8 Å². The van der Waals surface area contributed by atoms with Crippen LogP contribution in [0.5, 0.6) is 0 Å². The molecule has 2 aliphatic rings. The van der Waals surface area contributed by atoms with Gasteiger partial charge in [-0.15, -0.1) is 11.3 Å². The number of halogens is 1. The van der Waals surface area contributed by atoms with E-state index in [2.05, 4.69) is 15.8 Å². The molecule has 4 unspecified atom stereocenters. The molecule has 1 aromatic carbocycles. The van der Waals surface area contributed by atoms with E-state index >= 15 is 0 Å². The highest BCUT2D eigenvalue weighted by Gasteiger charge is 2.57. The van der Waals surface area contributed by atoms with E-state index in [4.69, 9.17) is 16.0 Å². The van der Waals surface area contributed by atoms with Gasteiger partial charge in [0.05, 0.1) is 18.3 Å². The highest BCUT2D eigenvalue weighted by molar-refractivity contribution is 7.13. The minimum absolute atomic E-state index is 0.0172. The summed E-state index contributed by atoms with van der Waals surface area (Å²) in [4.78, 5) is 19.4. The largest absolute Gasteiger partial charge is 0.468 e. The maximum absolute atomic E-state index is 13.2. The fourth-order valence-corrected chi connectivity index (χ4v) is 4.88. The minimum Gasteiger partial charge on any atom is -0.468 e. The number of thiazole rings is 1. The first kappa shape index (κ1) is 16.0. The lowest BCUT2D eigenvalue weighted by Crippen LogP contribution is -2.41. The quantitative estimate of drug-likeness (QED) is 0.722. The van der Waals surface area contributed by atoms with E-state index in [-0.39, 0.29) is 30.0 Å². The van der Waals surface area contributed by atoms with E-state index in [1.54, 1.807) is 17.4 Å². The Hall–Kier alpha value is -2.19. The highest BCUT2D eigenvalue weighted by atomic mass is 35.5. The number of rotatable bonds is 3. The Morgan fingerprint density at radius 2 is 2.00 bits per heavy atom. The van der Waals surface area contributed by atoms with Crippen LogP contribution in [-0.2, 0) is 4.79 Å². The predicted molar refractivity (Wildman–Crippen MR) is 98.8 cm³/mol.